The van der Waals surface area contributed by atoms with Crippen molar-refractivity contribution in [2.24, 2.45) is 5.92 Å². The molecule has 5 heteroatoms. The highest BCUT2D eigenvalue weighted by atomic mass is 16.5. The van der Waals surface area contributed by atoms with Crippen molar-refractivity contribution >= 4 is 0 Å². The summed E-state index contributed by atoms with van der Waals surface area (Å²) >= 11 is 0. The van der Waals surface area contributed by atoms with E-state index in [1.165, 1.54) is 12.0 Å². The average Bonchev–Trinajstić information content (AvgIpc) is 2.97. The van der Waals surface area contributed by atoms with Gasteiger partial charge < -0.3 is 14.6 Å². The molecule has 0 aliphatic carbocycles. The van der Waals surface area contributed by atoms with Crippen LogP contribution in [0.4, 0.5) is 0 Å². The standard InChI is InChI=1S/C16H21N3O2/c1-2-5-13(6-3-1)9-15-18-16(21-19-15)11-17-10-14-7-4-8-20-12-14/h1-3,5-6,14,17H,4,7-12H2. The van der Waals surface area contributed by atoms with Crippen LogP contribution in [0.25, 0.3) is 0 Å². The maximum Gasteiger partial charge on any atom is 0.240 e. The molecule has 1 aromatic heterocycles. The molecule has 1 aliphatic rings. The number of ether oxygens (including phenoxy) is 1. The molecular formula is C16H21N3O2. The third-order valence-corrected chi connectivity index (χ3v) is 3.68. The summed E-state index contributed by atoms with van der Waals surface area (Å²) < 4.78 is 10.7. The molecule has 0 amide bonds. The lowest BCUT2D eigenvalue weighted by Crippen LogP contribution is -2.28. The second-order valence-electron chi connectivity index (χ2n) is 5.48. The van der Waals surface area contributed by atoms with Gasteiger partial charge in [-0.1, -0.05) is 35.5 Å². The molecular weight excluding hydrogens is 266 g/mol. The zero-order chi connectivity index (χ0) is 14.3. The molecule has 2 aromatic rings. The van der Waals surface area contributed by atoms with Crippen LogP contribution in [0.2, 0.25) is 0 Å². The van der Waals surface area contributed by atoms with E-state index in [2.05, 4.69) is 27.6 Å². The third-order valence-electron chi connectivity index (χ3n) is 3.68. The van der Waals surface area contributed by atoms with Gasteiger partial charge in [0, 0.05) is 19.6 Å². The van der Waals surface area contributed by atoms with Crippen LogP contribution in [-0.4, -0.2) is 29.9 Å². The predicted molar refractivity (Wildman–Crippen MR) is 78.8 cm³/mol. The molecule has 0 spiro atoms. The number of hydrogen-bond acceptors (Lipinski definition) is 5. The summed E-state index contributed by atoms with van der Waals surface area (Å²) in [5, 5.41) is 7.40. The Hall–Kier alpha value is -1.72. The van der Waals surface area contributed by atoms with Gasteiger partial charge in [-0.15, -0.1) is 0 Å². The summed E-state index contributed by atoms with van der Waals surface area (Å²) in [4.78, 5) is 4.42. The molecule has 1 saturated heterocycles. The van der Waals surface area contributed by atoms with Gasteiger partial charge >= 0.3 is 0 Å². The number of hydrogen-bond donors (Lipinski definition) is 1. The Bertz CT molecular complexity index is 535. The van der Waals surface area contributed by atoms with Gasteiger partial charge in [0.2, 0.25) is 5.89 Å². The first-order valence-electron chi connectivity index (χ1n) is 7.54. The summed E-state index contributed by atoms with van der Waals surface area (Å²) in [5.41, 5.74) is 1.19. The van der Waals surface area contributed by atoms with Gasteiger partial charge in [-0.2, -0.15) is 4.98 Å². The molecule has 3 rings (SSSR count). The van der Waals surface area contributed by atoms with E-state index in [4.69, 9.17) is 9.26 Å². The Morgan fingerprint density at radius 3 is 2.95 bits per heavy atom. The Morgan fingerprint density at radius 1 is 1.24 bits per heavy atom. The van der Waals surface area contributed by atoms with Gasteiger partial charge in [0.15, 0.2) is 5.82 Å². The van der Waals surface area contributed by atoms with E-state index >= 15 is 0 Å². The van der Waals surface area contributed by atoms with Crippen molar-refractivity contribution in [3.63, 3.8) is 0 Å². The maximum atomic E-state index is 5.46. The largest absolute Gasteiger partial charge is 0.381 e. The smallest absolute Gasteiger partial charge is 0.240 e. The predicted octanol–water partition coefficient (Wildman–Crippen LogP) is 2.18. The van der Waals surface area contributed by atoms with Crippen molar-refractivity contribution in [3.8, 4) is 0 Å². The molecule has 2 heterocycles. The van der Waals surface area contributed by atoms with Gasteiger partial charge in [-0.05, 0) is 24.3 Å². The molecule has 21 heavy (non-hydrogen) atoms. The molecule has 1 atom stereocenters. The van der Waals surface area contributed by atoms with Crippen molar-refractivity contribution < 1.29 is 9.26 Å². The quantitative estimate of drug-likeness (QED) is 0.882. The molecule has 1 fully saturated rings. The van der Waals surface area contributed by atoms with Crippen LogP contribution in [0, 0.1) is 5.92 Å². The SMILES string of the molecule is c1ccc(Cc2noc(CNCC3CCCOC3)n2)cc1. The van der Waals surface area contributed by atoms with Crippen LogP contribution >= 0.6 is 0 Å². The first-order valence-corrected chi connectivity index (χ1v) is 7.54. The van der Waals surface area contributed by atoms with Crippen molar-refractivity contribution in [2.45, 2.75) is 25.8 Å². The lowest BCUT2D eigenvalue weighted by atomic mass is 10.0. The molecule has 1 unspecified atom stereocenters. The molecule has 1 aromatic carbocycles. The van der Waals surface area contributed by atoms with Gasteiger partial charge in [0.05, 0.1) is 13.2 Å². The fourth-order valence-electron chi connectivity index (χ4n) is 2.56. The lowest BCUT2D eigenvalue weighted by Gasteiger charge is -2.21. The Kier molecular flexibility index (Phi) is 4.97. The van der Waals surface area contributed by atoms with Crippen LogP contribution in [0.1, 0.15) is 30.1 Å². The first-order chi connectivity index (χ1) is 10.4. The summed E-state index contributed by atoms with van der Waals surface area (Å²) in [6, 6.07) is 10.2. The van der Waals surface area contributed by atoms with Crippen molar-refractivity contribution in [1.82, 2.24) is 15.5 Å². The Labute approximate surface area is 124 Å². The van der Waals surface area contributed by atoms with Crippen molar-refractivity contribution in [1.29, 1.82) is 0 Å². The molecule has 1 N–H and O–H groups in total. The number of nitrogens with one attached hydrogen (secondary N) is 1. The first kappa shape index (κ1) is 14.2. The monoisotopic (exact) mass is 287 g/mol. The average molecular weight is 287 g/mol. The van der Waals surface area contributed by atoms with Crippen LogP contribution in [0.15, 0.2) is 34.9 Å². The zero-order valence-corrected chi connectivity index (χ0v) is 12.1. The summed E-state index contributed by atoms with van der Waals surface area (Å²) in [7, 11) is 0. The lowest BCUT2D eigenvalue weighted by molar-refractivity contribution is 0.0545. The normalized spacial score (nSPS) is 18.8. The second kappa shape index (κ2) is 7.33. The number of aromatic nitrogens is 2. The van der Waals surface area contributed by atoms with Gasteiger partial charge in [-0.3, -0.25) is 0 Å². The van der Waals surface area contributed by atoms with Crippen LogP contribution in [-0.2, 0) is 17.7 Å². The fraction of sp³-hybridized carbons (Fsp3) is 0.500. The number of benzene rings is 1. The number of nitrogens with zero attached hydrogens (tertiary/aromatic N) is 2. The van der Waals surface area contributed by atoms with Gasteiger partial charge in [0.25, 0.3) is 0 Å². The summed E-state index contributed by atoms with van der Waals surface area (Å²) in [5.74, 6) is 1.99. The van der Waals surface area contributed by atoms with Crippen LogP contribution < -0.4 is 5.32 Å². The van der Waals surface area contributed by atoms with E-state index in [1.807, 2.05) is 18.2 Å². The highest BCUT2D eigenvalue weighted by Crippen LogP contribution is 2.12. The molecule has 0 radical (unpaired) electrons. The highest BCUT2D eigenvalue weighted by Gasteiger charge is 2.14. The Morgan fingerprint density at radius 2 is 2.14 bits per heavy atom. The molecule has 0 saturated carbocycles. The molecule has 0 bridgehead atoms. The van der Waals surface area contributed by atoms with Crippen LogP contribution in [0.5, 0.6) is 0 Å². The fourth-order valence-corrected chi connectivity index (χ4v) is 2.56. The second-order valence-corrected chi connectivity index (χ2v) is 5.48. The minimum atomic E-state index is 0.602. The molecule has 112 valence electrons. The van der Waals surface area contributed by atoms with E-state index < -0.39 is 0 Å². The summed E-state index contributed by atoms with van der Waals surface area (Å²) in [6.07, 6.45) is 3.10. The van der Waals surface area contributed by atoms with Gasteiger partial charge in [-0.25, -0.2) is 0 Å². The van der Waals surface area contributed by atoms with E-state index in [-0.39, 0.29) is 0 Å². The maximum absolute atomic E-state index is 5.46. The molecule has 5 nitrogen and oxygen atoms in total. The van der Waals surface area contributed by atoms with E-state index in [0.29, 0.717) is 24.8 Å². The summed E-state index contributed by atoms with van der Waals surface area (Å²) in [6.45, 7) is 3.33. The van der Waals surface area contributed by atoms with Gasteiger partial charge in [0.1, 0.15) is 0 Å². The minimum Gasteiger partial charge on any atom is -0.381 e. The molecule has 1 aliphatic heterocycles. The highest BCUT2D eigenvalue weighted by molar-refractivity contribution is 5.18. The van der Waals surface area contributed by atoms with Crippen molar-refractivity contribution in [3.05, 3.63) is 47.6 Å². The van der Waals surface area contributed by atoms with Crippen molar-refractivity contribution in [2.75, 3.05) is 19.8 Å². The van der Waals surface area contributed by atoms with E-state index in [0.717, 1.165) is 32.0 Å². The Balaban J connectivity index is 1.44. The van der Waals surface area contributed by atoms with E-state index in [1.54, 1.807) is 0 Å². The third kappa shape index (κ3) is 4.37. The topological polar surface area (TPSA) is 60.2 Å². The number of rotatable bonds is 6. The van der Waals surface area contributed by atoms with Crippen LogP contribution in [0.3, 0.4) is 0 Å². The zero-order valence-electron chi connectivity index (χ0n) is 12.1. The van der Waals surface area contributed by atoms with E-state index in [9.17, 15) is 0 Å². The minimum absolute atomic E-state index is 0.602.